The van der Waals surface area contributed by atoms with Crippen LogP contribution < -0.4 is 0 Å². The van der Waals surface area contributed by atoms with Crippen LogP contribution in [0.2, 0.25) is 0 Å². The molecule has 27 heavy (non-hydrogen) atoms. The van der Waals surface area contributed by atoms with Crippen molar-refractivity contribution in [1.29, 1.82) is 0 Å². The lowest BCUT2D eigenvalue weighted by atomic mass is 9.89. The van der Waals surface area contributed by atoms with Gasteiger partial charge >= 0.3 is 0 Å². The molecule has 0 bridgehead atoms. The highest BCUT2D eigenvalue weighted by Crippen LogP contribution is 2.42. The maximum Gasteiger partial charge on any atom is 0.265 e. The highest BCUT2D eigenvalue weighted by molar-refractivity contribution is 5.83. The third kappa shape index (κ3) is 3.49. The second-order valence-electron chi connectivity index (χ2n) is 9.38. The van der Waals surface area contributed by atoms with Crippen LogP contribution in [0.1, 0.15) is 39.0 Å². The molecule has 5 fully saturated rings. The maximum atomic E-state index is 13.0. The van der Waals surface area contributed by atoms with Gasteiger partial charge < -0.3 is 9.64 Å². The Morgan fingerprint density at radius 3 is 2.52 bits per heavy atom. The average Bonchev–Trinajstić information content (AvgIpc) is 3.58. The highest BCUT2D eigenvalue weighted by Gasteiger charge is 2.55. The molecule has 5 rings (SSSR count). The van der Waals surface area contributed by atoms with Crippen molar-refractivity contribution >= 4 is 11.8 Å². The predicted molar refractivity (Wildman–Crippen MR) is 97.5 cm³/mol. The molecule has 3 aliphatic heterocycles. The molecule has 7 nitrogen and oxygen atoms in total. The normalized spacial score (nSPS) is 35.8. The molecule has 1 spiro atoms. The number of likely N-dealkylation sites (tertiary alicyclic amines) is 1. The second-order valence-corrected chi connectivity index (χ2v) is 9.38. The fraction of sp³-hybridized carbons (Fsp3) is 0.900. The molecule has 2 amide bonds. The van der Waals surface area contributed by atoms with E-state index in [4.69, 9.17) is 9.57 Å². The first-order chi connectivity index (χ1) is 13.0. The molecule has 0 aromatic rings. The molecule has 3 saturated heterocycles. The Kier molecular flexibility index (Phi) is 4.44. The van der Waals surface area contributed by atoms with Gasteiger partial charge in [0, 0.05) is 25.6 Å². The summed E-state index contributed by atoms with van der Waals surface area (Å²) in [6, 6.07) is -0.248. The van der Waals surface area contributed by atoms with Crippen molar-refractivity contribution in [3.8, 4) is 0 Å². The van der Waals surface area contributed by atoms with Gasteiger partial charge in [-0.1, -0.05) is 6.92 Å². The van der Waals surface area contributed by atoms with Gasteiger partial charge in [0.1, 0.15) is 11.6 Å². The minimum atomic E-state index is -0.276. The first kappa shape index (κ1) is 17.9. The number of hydrogen-bond donors (Lipinski definition) is 0. The smallest absolute Gasteiger partial charge is 0.265 e. The van der Waals surface area contributed by atoms with Crippen molar-refractivity contribution in [1.82, 2.24) is 14.9 Å². The number of rotatable bonds is 4. The molecule has 0 aromatic carbocycles. The maximum absolute atomic E-state index is 13.0. The molecule has 150 valence electrons. The summed E-state index contributed by atoms with van der Waals surface area (Å²) in [4.78, 5) is 35.3. The number of hydrogen-bond acceptors (Lipinski definition) is 5. The Morgan fingerprint density at radius 1 is 1.11 bits per heavy atom. The van der Waals surface area contributed by atoms with Gasteiger partial charge in [0.15, 0.2) is 0 Å². The second kappa shape index (κ2) is 6.71. The van der Waals surface area contributed by atoms with E-state index in [2.05, 4.69) is 11.8 Å². The number of nitrogens with zero attached hydrogens (tertiary/aromatic N) is 3. The molecular weight excluding hydrogens is 346 g/mol. The van der Waals surface area contributed by atoms with Crippen molar-refractivity contribution in [2.24, 2.45) is 17.8 Å². The van der Waals surface area contributed by atoms with Crippen molar-refractivity contribution in [2.45, 2.75) is 50.7 Å². The zero-order valence-electron chi connectivity index (χ0n) is 16.3. The number of morpholine rings is 1. The van der Waals surface area contributed by atoms with Gasteiger partial charge in [0.25, 0.3) is 5.91 Å². The van der Waals surface area contributed by atoms with Crippen molar-refractivity contribution in [2.75, 3.05) is 45.9 Å². The Labute approximate surface area is 160 Å². The molecule has 2 saturated carbocycles. The molecule has 5 aliphatic rings. The van der Waals surface area contributed by atoms with Gasteiger partial charge in [-0.15, -0.1) is 0 Å². The zero-order chi connectivity index (χ0) is 18.6. The van der Waals surface area contributed by atoms with E-state index in [0.29, 0.717) is 50.6 Å². The van der Waals surface area contributed by atoms with Crippen LogP contribution in [-0.4, -0.2) is 84.3 Å². The monoisotopic (exact) mass is 377 g/mol. The summed E-state index contributed by atoms with van der Waals surface area (Å²) in [5, 5.41) is 1.56. The number of carbonyl (C=O) groups excluding carboxylic acids is 2. The molecule has 0 aromatic heterocycles. The zero-order valence-corrected chi connectivity index (χ0v) is 16.3. The summed E-state index contributed by atoms with van der Waals surface area (Å²) >= 11 is 0. The van der Waals surface area contributed by atoms with Crippen molar-refractivity contribution in [3.05, 3.63) is 0 Å². The number of hydroxylamine groups is 2. The van der Waals surface area contributed by atoms with Crippen LogP contribution in [-0.2, 0) is 19.2 Å². The molecular formula is C20H31N3O4. The minimum Gasteiger partial charge on any atom is -0.368 e. The van der Waals surface area contributed by atoms with Gasteiger partial charge in [0.2, 0.25) is 5.91 Å². The molecule has 3 atom stereocenters. The SMILES string of the molecule is C[C@@H]1C[C@@H]1C(=O)N1CC2(C1)CN(CC1CC1)[C@@H](C(=O)N1CCCCO1)CO2. The molecule has 0 unspecified atom stereocenters. The van der Waals surface area contributed by atoms with Crippen LogP contribution in [0.4, 0.5) is 0 Å². The Bertz CT molecular complexity index is 610. The summed E-state index contributed by atoms with van der Waals surface area (Å²) < 4.78 is 6.23. The summed E-state index contributed by atoms with van der Waals surface area (Å²) in [7, 11) is 0. The van der Waals surface area contributed by atoms with Crippen LogP contribution in [0, 0.1) is 17.8 Å². The first-order valence-electron chi connectivity index (χ1n) is 10.7. The van der Waals surface area contributed by atoms with E-state index >= 15 is 0 Å². The van der Waals surface area contributed by atoms with Crippen molar-refractivity contribution in [3.63, 3.8) is 0 Å². The van der Waals surface area contributed by atoms with Gasteiger partial charge in [0.05, 0.1) is 26.3 Å². The fourth-order valence-corrected chi connectivity index (χ4v) is 4.77. The predicted octanol–water partition coefficient (Wildman–Crippen LogP) is 0.888. The third-order valence-corrected chi connectivity index (χ3v) is 6.90. The van der Waals surface area contributed by atoms with Gasteiger partial charge in [-0.05, 0) is 43.9 Å². The van der Waals surface area contributed by atoms with E-state index in [9.17, 15) is 9.59 Å². The summed E-state index contributed by atoms with van der Waals surface area (Å²) in [5.74, 6) is 1.83. The van der Waals surface area contributed by atoms with E-state index in [1.54, 1.807) is 5.06 Å². The Balaban J connectivity index is 1.22. The van der Waals surface area contributed by atoms with E-state index in [1.807, 2.05) is 4.90 Å². The van der Waals surface area contributed by atoms with Gasteiger partial charge in [-0.25, -0.2) is 5.06 Å². The van der Waals surface area contributed by atoms with Gasteiger partial charge in [-0.3, -0.25) is 19.3 Å². The fourth-order valence-electron chi connectivity index (χ4n) is 4.77. The molecule has 7 heteroatoms. The summed E-state index contributed by atoms with van der Waals surface area (Å²) in [6.07, 6.45) is 5.57. The molecule has 2 aliphatic carbocycles. The average molecular weight is 377 g/mol. The first-order valence-corrected chi connectivity index (χ1v) is 10.7. The van der Waals surface area contributed by atoms with E-state index < -0.39 is 0 Å². The third-order valence-electron chi connectivity index (χ3n) is 6.90. The van der Waals surface area contributed by atoms with Crippen LogP contribution in [0.15, 0.2) is 0 Å². The molecule has 0 radical (unpaired) electrons. The lowest BCUT2D eigenvalue weighted by Gasteiger charge is -2.55. The Hall–Kier alpha value is -1.18. The standard InChI is InChI=1S/C20H31N3O4/c1-14-8-16(14)18(24)22-12-20(13-22)11-21(9-15-4-5-15)17(10-26-20)19(25)23-6-2-3-7-27-23/h14-17H,2-13H2,1H3/t14-,16+,17-/m1/s1. The van der Waals surface area contributed by atoms with E-state index in [0.717, 1.165) is 32.4 Å². The van der Waals surface area contributed by atoms with Crippen LogP contribution in [0.3, 0.4) is 0 Å². The largest absolute Gasteiger partial charge is 0.368 e. The number of ether oxygens (including phenoxy) is 1. The lowest BCUT2D eigenvalue weighted by molar-refractivity contribution is -0.226. The van der Waals surface area contributed by atoms with Crippen LogP contribution in [0.25, 0.3) is 0 Å². The van der Waals surface area contributed by atoms with E-state index in [1.165, 1.54) is 12.8 Å². The van der Waals surface area contributed by atoms with Crippen LogP contribution in [0.5, 0.6) is 0 Å². The van der Waals surface area contributed by atoms with Crippen LogP contribution >= 0.6 is 0 Å². The summed E-state index contributed by atoms with van der Waals surface area (Å²) in [6.45, 7) is 6.93. The minimum absolute atomic E-state index is 0.0456. The number of carbonyl (C=O) groups is 2. The summed E-state index contributed by atoms with van der Waals surface area (Å²) in [5.41, 5.74) is -0.276. The quantitative estimate of drug-likeness (QED) is 0.728. The lowest BCUT2D eigenvalue weighted by Crippen LogP contribution is -2.74. The number of amides is 2. The van der Waals surface area contributed by atoms with E-state index in [-0.39, 0.29) is 23.5 Å². The topological polar surface area (TPSA) is 62.3 Å². The molecule has 0 N–H and O–H groups in total. The van der Waals surface area contributed by atoms with Crippen molar-refractivity contribution < 1.29 is 19.2 Å². The Morgan fingerprint density at radius 2 is 1.89 bits per heavy atom. The highest BCUT2D eigenvalue weighted by atomic mass is 16.7. The van der Waals surface area contributed by atoms with Gasteiger partial charge in [-0.2, -0.15) is 0 Å². The molecule has 3 heterocycles.